The molecule has 6 nitrogen and oxygen atoms in total. The van der Waals surface area contributed by atoms with Gasteiger partial charge in [0, 0.05) is 11.4 Å². The molecule has 1 aromatic carbocycles. The average Bonchev–Trinajstić information content (AvgIpc) is 3.04. The maximum absolute atomic E-state index is 11.8. The third kappa shape index (κ3) is 4.12. The molecule has 0 aliphatic carbocycles. The maximum atomic E-state index is 11.8. The minimum absolute atomic E-state index is 0.248. The highest BCUT2D eigenvalue weighted by Crippen LogP contribution is 2.16. The zero-order valence-electron chi connectivity index (χ0n) is 12.5. The van der Waals surface area contributed by atoms with E-state index in [1.807, 2.05) is 0 Å². The van der Waals surface area contributed by atoms with E-state index in [9.17, 15) is 9.59 Å². The number of hydrogen-bond donors (Lipinski definition) is 2. The van der Waals surface area contributed by atoms with E-state index in [0.717, 1.165) is 5.69 Å². The highest BCUT2D eigenvalue weighted by atomic mass is 16.5. The summed E-state index contributed by atoms with van der Waals surface area (Å²) in [6.45, 7) is 3.84. The molecule has 0 aliphatic rings. The third-order valence-electron chi connectivity index (χ3n) is 2.91. The molecule has 0 fully saturated rings. The van der Waals surface area contributed by atoms with Gasteiger partial charge in [0.2, 0.25) is 0 Å². The standard InChI is InChI=1S/C16H18N2O4/c1-3-21-16(20)11(2)17-12-6-8-13(9-7-12)18-15(19)14-5-4-10-22-14/h4-11,17H,3H2,1-2H3,(H,18,19)/t11-/m0/s1. The SMILES string of the molecule is CCOC(=O)[C@H](C)Nc1ccc(NC(=O)c2ccco2)cc1. The molecule has 0 saturated carbocycles. The summed E-state index contributed by atoms with van der Waals surface area (Å²) in [6.07, 6.45) is 1.44. The minimum atomic E-state index is -0.441. The normalized spacial score (nSPS) is 11.5. The van der Waals surface area contributed by atoms with E-state index in [1.54, 1.807) is 50.2 Å². The van der Waals surface area contributed by atoms with Crippen molar-refractivity contribution in [1.29, 1.82) is 0 Å². The number of carbonyl (C=O) groups is 2. The zero-order valence-corrected chi connectivity index (χ0v) is 12.5. The number of rotatable bonds is 6. The van der Waals surface area contributed by atoms with E-state index >= 15 is 0 Å². The Morgan fingerprint density at radius 2 is 1.86 bits per heavy atom. The predicted molar refractivity (Wildman–Crippen MR) is 82.8 cm³/mol. The van der Waals surface area contributed by atoms with Gasteiger partial charge in [-0.05, 0) is 50.2 Å². The van der Waals surface area contributed by atoms with Crippen molar-refractivity contribution in [2.45, 2.75) is 19.9 Å². The highest BCUT2D eigenvalue weighted by molar-refractivity contribution is 6.02. The summed E-state index contributed by atoms with van der Waals surface area (Å²) in [4.78, 5) is 23.4. The Labute approximate surface area is 128 Å². The number of carbonyl (C=O) groups excluding carboxylic acids is 2. The molecule has 22 heavy (non-hydrogen) atoms. The van der Waals surface area contributed by atoms with Crippen LogP contribution in [0.1, 0.15) is 24.4 Å². The lowest BCUT2D eigenvalue weighted by atomic mass is 10.2. The van der Waals surface area contributed by atoms with E-state index in [2.05, 4.69) is 10.6 Å². The Hall–Kier alpha value is -2.76. The fourth-order valence-electron chi connectivity index (χ4n) is 1.83. The van der Waals surface area contributed by atoms with Gasteiger partial charge in [-0.15, -0.1) is 0 Å². The largest absolute Gasteiger partial charge is 0.464 e. The first kappa shape index (κ1) is 15.6. The van der Waals surface area contributed by atoms with Gasteiger partial charge >= 0.3 is 5.97 Å². The summed E-state index contributed by atoms with van der Waals surface area (Å²) in [5.74, 6) is -0.374. The van der Waals surface area contributed by atoms with Gasteiger partial charge in [-0.2, -0.15) is 0 Å². The van der Waals surface area contributed by atoms with Crippen LogP contribution in [-0.2, 0) is 9.53 Å². The number of furan rings is 1. The molecule has 0 spiro atoms. The average molecular weight is 302 g/mol. The molecular weight excluding hydrogens is 284 g/mol. The van der Waals surface area contributed by atoms with Gasteiger partial charge in [-0.25, -0.2) is 4.79 Å². The van der Waals surface area contributed by atoms with Crippen molar-refractivity contribution < 1.29 is 18.7 Å². The van der Waals surface area contributed by atoms with Gasteiger partial charge in [-0.3, -0.25) is 4.79 Å². The number of hydrogen-bond acceptors (Lipinski definition) is 5. The van der Waals surface area contributed by atoms with E-state index in [4.69, 9.17) is 9.15 Å². The lowest BCUT2D eigenvalue weighted by Crippen LogP contribution is -2.28. The third-order valence-corrected chi connectivity index (χ3v) is 2.91. The Kier molecular flexibility index (Phi) is 5.19. The van der Waals surface area contributed by atoms with Crippen LogP contribution in [0.4, 0.5) is 11.4 Å². The summed E-state index contributed by atoms with van der Waals surface area (Å²) in [7, 11) is 0. The van der Waals surface area contributed by atoms with Crippen LogP contribution in [-0.4, -0.2) is 24.5 Å². The highest BCUT2D eigenvalue weighted by Gasteiger charge is 2.13. The van der Waals surface area contributed by atoms with Crippen molar-refractivity contribution in [1.82, 2.24) is 0 Å². The molecule has 0 bridgehead atoms. The van der Waals surface area contributed by atoms with Crippen LogP contribution >= 0.6 is 0 Å². The fraction of sp³-hybridized carbons (Fsp3) is 0.250. The maximum Gasteiger partial charge on any atom is 0.328 e. The molecule has 1 amide bonds. The van der Waals surface area contributed by atoms with Crippen LogP contribution in [0, 0.1) is 0 Å². The van der Waals surface area contributed by atoms with Crippen molar-refractivity contribution in [2.75, 3.05) is 17.2 Å². The zero-order chi connectivity index (χ0) is 15.9. The number of anilines is 2. The quantitative estimate of drug-likeness (QED) is 0.802. The molecule has 2 N–H and O–H groups in total. The second kappa shape index (κ2) is 7.31. The first-order valence-corrected chi connectivity index (χ1v) is 6.98. The Morgan fingerprint density at radius 1 is 1.18 bits per heavy atom. The number of amides is 1. The molecule has 1 heterocycles. The van der Waals surface area contributed by atoms with Crippen molar-refractivity contribution in [3.63, 3.8) is 0 Å². The smallest absolute Gasteiger partial charge is 0.328 e. The molecule has 1 aromatic heterocycles. The summed E-state index contributed by atoms with van der Waals surface area (Å²) in [5, 5.41) is 5.74. The van der Waals surface area contributed by atoms with Crippen LogP contribution in [0.2, 0.25) is 0 Å². The lowest BCUT2D eigenvalue weighted by molar-refractivity contribution is -0.143. The van der Waals surface area contributed by atoms with Crippen LogP contribution in [0.3, 0.4) is 0 Å². The molecular formula is C16H18N2O4. The molecule has 0 unspecified atom stereocenters. The van der Waals surface area contributed by atoms with Crippen LogP contribution in [0.5, 0.6) is 0 Å². The summed E-state index contributed by atoms with van der Waals surface area (Å²) in [5.41, 5.74) is 1.40. The summed E-state index contributed by atoms with van der Waals surface area (Å²) >= 11 is 0. The lowest BCUT2D eigenvalue weighted by Gasteiger charge is -2.14. The van der Waals surface area contributed by atoms with Gasteiger partial charge in [0.1, 0.15) is 6.04 Å². The number of nitrogens with one attached hydrogen (secondary N) is 2. The van der Waals surface area contributed by atoms with Crippen molar-refractivity contribution in [3.05, 3.63) is 48.4 Å². The number of benzene rings is 1. The summed E-state index contributed by atoms with van der Waals surface area (Å²) in [6, 6.07) is 9.82. The van der Waals surface area contributed by atoms with Crippen molar-refractivity contribution >= 4 is 23.3 Å². The topological polar surface area (TPSA) is 80.6 Å². The van der Waals surface area contributed by atoms with E-state index in [-0.39, 0.29) is 17.6 Å². The first-order valence-electron chi connectivity index (χ1n) is 6.98. The molecule has 6 heteroatoms. The second-order valence-electron chi connectivity index (χ2n) is 4.63. The van der Waals surface area contributed by atoms with Gasteiger partial charge < -0.3 is 19.8 Å². The van der Waals surface area contributed by atoms with Crippen LogP contribution in [0.25, 0.3) is 0 Å². The molecule has 1 atom stereocenters. The van der Waals surface area contributed by atoms with E-state index in [0.29, 0.717) is 12.3 Å². The van der Waals surface area contributed by atoms with Gasteiger partial charge in [0.05, 0.1) is 12.9 Å². The monoisotopic (exact) mass is 302 g/mol. The molecule has 0 radical (unpaired) electrons. The predicted octanol–water partition coefficient (Wildman–Crippen LogP) is 2.90. The second-order valence-corrected chi connectivity index (χ2v) is 4.63. The summed E-state index contributed by atoms with van der Waals surface area (Å²) < 4.78 is 9.94. The van der Waals surface area contributed by atoms with Gasteiger partial charge in [0.25, 0.3) is 5.91 Å². The van der Waals surface area contributed by atoms with Gasteiger partial charge in [0.15, 0.2) is 5.76 Å². The van der Waals surface area contributed by atoms with Crippen molar-refractivity contribution in [3.8, 4) is 0 Å². The van der Waals surface area contributed by atoms with Gasteiger partial charge in [-0.1, -0.05) is 0 Å². The Bertz CT molecular complexity index is 620. The Morgan fingerprint density at radius 3 is 2.45 bits per heavy atom. The molecule has 0 aliphatic heterocycles. The van der Waals surface area contributed by atoms with Crippen LogP contribution in [0.15, 0.2) is 47.1 Å². The molecule has 2 aromatic rings. The minimum Gasteiger partial charge on any atom is -0.464 e. The molecule has 0 saturated heterocycles. The number of esters is 1. The first-order chi connectivity index (χ1) is 10.6. The van der Waals surface area contributed by atoms with E-state index < -0.39 is 6.04 Å². The van der Waals surface area contributed by atoms with Crippen LogP contribution < -0.4 is 10.6 Å². The molecule has 116 valence electrons. The van der Waals surface area contributed by atoms with Crippen molar-refractivity contribution in [2.24, 2.45) is 0 Å². The number of ether oxygens (including phenoxy) is 1. The van der Waals surface area contributed by atoms with E-state index in [1.165, 1.54) is 6.26 Å². The fourth-order valence-corrected chi connectivity index (χ4v) is 1.83. The Balaban J connectivity index is 1.93. The molecule has 2 rings (SSSR count).